The van der Waals surface area contributed by atoms with Crippen molar-refractivity contribution < 1.29 is 37.8 Å². The van der Waals surface area contributed by atoms with Gasteiger partial charge in [-0.05, 0) is 54.6 Å². The molecule has 0 aromatic rings. The zero-order valence-corrected chi connectivity index (χ0v) is 19.8. The molecule has 8 heteroatoms. The van der Waals surface area contributed by atoms with Crippen molar-refractivity contribution in [1.82, 2.24) is 0 Å². The number of allylic oxidation sites excluding steroid dienone is 2. The number of halogens is 1. The standard InChI is InChI=1S/C26H27FO7/c1-11(28)33-10-17(30)25-16(22(25,2)3)7-12-19-21(32)20(31)13-6-15(29)14(27)8-24(13,5)26(19)18(34-26)9-23(12,25)4/h6,8,12,16,18-19H,7,9-10H2,1-5H3/t12-,16?,18-,19+,23-,24-,25+,26-/m0/s1. The number of rotatable bonds is 3. The van der Waals surface area contributed by atoms with E-state index >= 15 is 0 Å². The van der Waals surface area contributed by atoms with Crippen LogP contribution in [0.2, 0.25) is 0 Å². The monoisotopic (exact) mass is 470 g/mol. The van der Waals surface area contributed by atoms with Crippen molar-refractivity contribution in [3.05, 3.63) is 23.6 Å². The smallest absolute Gasteiger partial charge is 0.303 e. The molecular formula is C26H27FO7. The van der Waals surface area contributed by atoms with E-state index in [0.29, 0.717) is 12.8 Å². The van der Waals surface area contributed by atoms with Crippen LogP contribution in [0.4, 0.5) is 4.39 Å². The molecule has 34 heavy (non-hydrogen) atoms. The number of ketones is 4. The Morgan fingerprint density at radius 2 is 1.85 bits per heavy atom. The lowest BCUT2D eigenvalue weighted by Gasteiger charge is -2.55. The Balaban J connectivity index is 1.47. The Morgan fingerprint density at radius 3 is 2.50 bits per heavy atom. The Morgan fingerprint density at radius 1 is 1.18 bits per heavy atom. The molecule has 1 unspecified atom stereocenters. The second kappa shape index (κ2) is 5.83. The summed E-state index contributed by atoms with van der Waals surface area (Å²) in [5, 5.41) is 0. The molecule has 5 aliphatic carbocycles. The highest BCUT2D eigenvalue weighted by Crippen LogP contribution is 2.89. The van der Waals surface area contributed by atoms with Crippen molar-refractivity contribution in [1.29, 1.82) is 0 Å². The SMILES string of the molecule is CC(=O)OCC(=O)[C@@]12C(C[C@H]3[C@@H]4C(=O)C(=O)C5=CC(=O)C(F)=C[C@]5(C)[C@@]45O[C@H]5C[C@@]31C)C2(C)C. The number of ether oxygens (including phenoxy) is 2. The van der Waals surface area contributed by atoms with Crippen molar-refractivity contribution in [3.8, 4) is 0 Å². The number of carbonyl (C=O) groups is 5. The first-order valence-corrected chi connectivity index (χ1v) is 11.8. The number of carbonyl (C=O) groups excluding carboxylic acids is 5. The van der Waals surface area contributed by atoms with Crippen molar-refractivity contribution >= 4 is 29.1 Å². The molecule has 0 radical (unpaired) electrons. The second-order valence-corrected chi connectivity index (χ2v) is 11.9. The summed E-state index contributed by atoms with van der Waals surface area (Å²) < 4.78 is 25.9. The number of hydrogen-bond acceptors (Lipinski definition) is 7. The highest BCUT2D eigenvalue weighted by Gasteiger charge is 2.92. The summed E-state index contributed by atoms with van der Waals surface area (Å²) >= 11 is 0. The highest BCUT2D eigenvalue weighted by atomic mass is 19.1. The third-order valence-corrected chi connectivity index (χ3v) is 10.7. The van der Waals surface area contributed by atoms with Crippen LogP contribution in [0.5, 0.6) is 0 Å². The fourth-order valence-electron chi connectivity index (χ4n) is 9.41. The van der Waals surface area contributed by atoms with E-state index in [9.17, 15) is 28.4 Å². The minimum absolute atomic E-state index is 0.00427. The minimum Gasteiger partial charge on any atom is -0.458 e. The van der Waals surface area contributed by atoms with Gasteiger partial charge < -0.3 is 9.47 Å². The van der Waals surface area contributed by atoms with Crippen molar-refractivity contribution in [3.63, 3.8) is 0 Å². The molecule has 0 aromatic carbocycles. The zero-order chi connectivity index (χ0) is 24.8. The van der Waals surface area contributed by atoms with E-state index in [0.717, 1.165) is 12.2 Å². The third-order valence-electron chi connectivity index (χ3n) is 10.7. The molecule has 0 bridgehead atoms. The molecule has 5 fully saturated rings. The summed E-state index contributed by atoms with van der Waals surface area (Å²) in [6.07, 6.45) is 2.67. The largest absolute Gasteiger partial charge is 0.458 e. The lowest BCUT2D eigenvalue weighted by Crippen LogP contribution is -2.64. The van der Waals surface area contributed by atoms with Crippen LogP contribution >= 0.6 is 0 Å². The van der Waals surface area contributed by atoms with E-state index < -0.39 is 63.0 Å². The molecule has 6 rings (SSSR count). The molecule has 1 spiro atoms. The lowest BCUT2D eigenvalue weighted by molar-refractivity contribution is -0.155. The van der Waals surface area contributed by atoms with Crippen LogP contribution in [0.3, 0.4) is 0 Å². The number of hydrogen-bond donors (Lipinski definition) is 0. The van der Waals surface area contributed by atoms with Gasteiger partial charge in [0.05, 0.1) is 17.4 Å². The Kier molecular flexibility index (Phi) is 3.78. The van der Waals surface area contributed by atoms with E-state index in [1.54, 1.807) is 6.92 Å². The predicted octanol–water partition coefficient (Wildman–Crippen LogP) is 2.47. The van der Waals surface area contributed by atoms with E-state index in [2.05, 4.69) is 0 Å². The fraction of sp³-hybridized carbons (Fsp3) is 0.654. The lowest BCUT2D eigenvalue weighted by atomic mass is 9.44. The maximum Gasteiger partial charge on any atom is 0.303 e. The van der Waals surface area contributed by atoms with Gasteiger partial charge in [0.25, 0.3) is 0 Å². The van der Waals surface area contributed by atoms with Gasteiger partial charge in [-0.1, -0.05) is 20.8 Å². The van der Waals surface area contributed by atoms with Crippen LogP contribution in [-0.2, 0) is 33.4 Å². The van der Waals surface area contributed by atoms with Gasteiger partial charge >= 0.3 is 5.97 Å². The summed E-state index contributed by atoms with van der Waals surface area (Å²) in [5.41, 5.74) is -4.16. The van der Waals surface area contributed by atoms with E-state index in [4.69, 9.17) is 9.47 Å². The van der Waals surface area contributed by atoms with Gasteiger partial charge in [0.1, 0.15) is 5.60 Å². The van der Waals surface area contributed by atoms with E-state index in [1.165, 1.54) is 6.92 Å². The zero-order valence-electron chi connectivity index (χ0n) is 19.8. The number of fused-ring (bicyclic) bond motifs is 5. The Labute approximate surface area is 196 Å². The first-order valence-electron chi connectivity index (χ1n) is 11.8. The first kappa shape index (κ1) is 22.0. The summed E-state index contributed by atoms with van der Waals surface area (Å²) in [6, 6.07) is 0. The van der Waals surface area contributed by atoms with E-state index in [1.807, 2.05) is 20.8 Å². The quantitative estimate of drug-likeness (QED) is 0.354. The predicted molar refractivity (Wildman–Crippen MR) is 114 cm³/mol. The normalized spacial score (nSPS) is 48.9. The molecular weight excluding hydrogens is 443 g/mol. The van der Waals surface area contributed by atoms with Gasteiger partial charge in [0.15, 0.2) is 18.2 Å². The molecule has 4 saturated carbocycles. The van der Waals surface area contributed by atoms with Crippen LogP contribution in [0.15, 0.2) is 23.6 Å². The average molecular weight is 470 g/mol. The summed E-state index contributed by atoms with van der Waals surface area (Å²) in [7, 11) is 0. The summed E-state index contributed by atoms with van der Waals surface area (Å²) in [4.78, 5) is 63.8. The molecule has 1 saturated heterocycles. The van der Waals surface area contributed by atoms with Gasteiger partial charge in [0, 0.05) is 17.9 Å². The number of Topliss-reactive ketones (excluding diaryl/α,β-unsaturated/α-hetero) is 3. The molecule has 180 valence electrons. The van der Waals surface area contributed by atoms with Crippen LogP contribution < -0.4 is 0 Å². The molecule has 6 aliphatic rings. The summed E-state index contributed by atoms with van der Waals surface area (Å²) in [6.45, 7) is 8.66. The van der Waals surface area contributed by atoms with Crippen molar-refractivity contribution in [2.24, 2.45) is 39.4 Å². The van der Waals surface area contributed by atoms with Gasteiger partial charge in [-0.25, -0.2) is 4.39 Å². The topological polar surface area (TPSA) is 107 Å². The van der Waals surface area contributed by atoms with Gasteiger partial charge in [-0.15, -0.1) is 0 Å². The minimum atomic E-state index is -1.23. The maximum atomic E-state index is 14.5. The second-order valence-electron chi connectivity index (χ2n) is 11.9. The maximum absolute atomic E-state index is 14.5. The fourth-order valence-corrected chi connectivity index (χ4v) is 9.41. The van der Waals surface area contributed by atoms with Crippen LogP contribution in [0.1, 0.15) is 47.5 Å². The van der Waals surface area contributed by atoms with Gasteiger partial charge in [-0.3, -0.25) is 24.0 Å². The molecule has 8 atom stereocenters. The third kappa shape index (κ3) is 1.97. The molecule has 0 aromatic heterocycles. The van der Waals surface area contributed by atoms with Crippen LogP contribution in [0, 0.1) is 39.4 Å². The first-order chi connectivity index (χ1) is 15.7. The average Bonchev–Trinajstić information content (AvgIpc) is 3.54. The van der Waals surface area contributed by atoms with E-state index in [-0.39, 0.29) is 35.2 Å². The van der Waals surface area contributed by atoms with Crippen molar-refractivity contribution in [2.75, 3.05) is 6.61 Å². The molecule has 0 N–H and O–H groups in total. The van der Waals surface area contributed by atoms with Crippen LogP contribution in [0.25, 0.3) is 0 Å². The number of epoxide rings is 1. The van der Waals surface area contributed by atoms with Gasteiger partial charge in [0.2, 0.25) is 17.3 Å². The molecule has 0 amide bonds. The Hall–Kier alpha value is -2.48. The van der Waals surface area contributed by atoms with Crippen LogP contribution in [-0.4, -0.2) is 47.4 Å². The number of esters is 1. The molecule has 7 nitrogen and oxygen atoms in total. The summed E-state index contributed by atoms with van der Waals surface area (Å²) in [5.74, 6) is -5.13. The van der Waals surface area contributed by atoms with Crippen molar-refractivity contribution in [2.45, 2.75) is 59.2 Å². The Bertz CT molecular complexity index is 1210. The molecule has 1 heterocycles. The highest BCUT2D eigenvalue weighted by molar-refractivity contribution is 6.47. The van der Waals surface area contributed by atoms with Gasteiger partial charge in [-0.2, -0.15) is 0 Å². The molecule has 1 aliphatic heterocycles.